The number of nitrogens with one attached hydrogen (secondary N) is 1. The highest BCUT2D eigenvalue weighted by atomic mass is 79.9. The van der Waals surface area contributed by atoms with Crippen LogP contribution in [0.1, 0.15) is 17.7 Å². The Bertz CT molecular complexity index is 691. The number of thiazole rings is 1. The highest BCUT2D eigenvalue weighted by Gasteiger charge is 2.07. The first kappa shape index (κ1) is 15.0. The fraction of sp³-hybridized carbons (Fsp3) is 0.286. The van der Waals surface area contributed by atoms with Crippen LogP contribution in [0.15, 0.2) is 32.8 Å². The highest BCUT2D eigenvalue weighted by Crippen LogP contribution is 2.20. The van der Waals surface area contributed by atoms with Crippen LogP contribution in [0.4, 0.5) is 5.69 Å². The Morgan fingerprint density at radius 2 is 2.15 bits per heavy atom. The van der Waals surface area contributed by atoms with E-state index in [4.69, 9.17) is 0 Å². The number of benzene rings is 1. The third-order valence-corrected chi connectivity index (χ3v) is 4.75. The zero-order valence-electron chi connectivity index (χ0n) is 11.3. The number of hydrogen-bond acceptors (Lipinski definition) is 3. The Kier molecular flexibility index (Phi) is 4.77. The van der Waals surface area contributed by atoms with Crippen LogP contribution in [0, 0.1) is 13.8 Å². The zero-order chi connectivity index (χ0) is 14.7. The van der Waals surface area contributed by atoms with Crippen molar-refractivity contribution < 1.29 is 4.79 Å². The maximum Gasteiger partial charge on any atom is 0.307 e. The minimum atomic E-state index is -0.0933. The predicted octanol–water partition coefficient (Wildman–Crippen LogP) is 3.32. The Morgan fingerprint density at radius 1 is 1.40 bits per heavy atom. The van der Waals surface area contributed by atoms with E-state index < -0.39 is 0 Å². The molecule has 1 aromatic carbocycles. The number of halogens is 1. The van der Waals surface area contributed by atoms with E-state index in [1.807, 2.05) is 32.0 Å². The lowest BCUT2D eigenvalue weighted by Gasteiger charge is -2.08. The average Bonchev–Trinajstić information content (AvgIpc) is 2.71. The van der Waals surface area contributed by atoms with Crippen molar-refractivity contribution in [3.8, 4) is 0 Å². The Morgan fingerprint density at radius 3 is 2.75 bits per heavy atom. The Balaban J connectivity index is 1.96. The van der Waals surface area contributed by atoms with Crippen LogP contribution in [-0.2, 0) is 11.3 Å². The first-order valence-corrected chi connectivity index (χ1v) is 7.85. The minimum Gasteiger partial charge on any atom is -0.326 e. The molecule has 0 aliphatic rings. The number of aryl methyl sites for hydroxylation is 2. The minimum absolute atomic E-state index is 0.0187. The summed E-state index contributed by atoms with van der Waals surface area (Å²) in [7, 11) is 0. The third-order valence-electron chi connectivity index (χ3n) is 2.98. The number of anilines is 1. The number of rotatable bonds is 4. The van der Waals surface area contributed by atoms with Crippen molar-refractivity contribution in [1.29, 1.82) is 0 Å². The molecule has 1 N–H and O–H groups in total. The molecule has 1 heterocycles. The van der Waals surface area contributed by atoms with Gasteiger partial charge in [-0.05, 0) is 37.6 Å². The van der Waals surface area contributed by atoms with Crippen LogP contribution in [0.5, 0.6) is 0 Å². The van der Waals surface area contributed by atoms with Crippen molar-refractivity contribution in [2.24, 2.45) is 0 Å². The smallest absolute Gasteiger partial charge is 0.307 e. The van der Waals surface area contributed by atoms with Gasteiger partial charge in [-0.2, -0.15) is 0 Å². The molecule has 0 saturated carbocycles. The fourth-order valence-corrected chi connectivity index (χ4v) is 2.84. The lowest BCUT2D eigenvalue weighted by atomic mass is 10.2. The molecule has 1 amide bonds. The number of aromatic nitrogens is 1. The van der Waals surface area contributed by atoms with Crippen LogP contribution >= 0.6 is 27.3 Å². The summed E-state index contributed by atoms with van der Waals surface area (Å²) in [5.41, 5.74) is 2.73. The number of carbonyl (C=O) groups excluding carboxylic acids is 1. The van der Waals surface area contributed by atoms with E-state index in [0.29, 0.717) is 6.54 Å². The summed E-state index contributed by atoms with van der Waals surface area (Å²) in [4.78, 5) is 23.4. The molecule has 0 radical (unpaired) electrons. The van der Waals surface area contributed by atoms with Crippen LogP contribution in [0.25, 0.3) is 0 Å². The highest BCUT2D eigenvalue weighted by molar-refractivity contribution is 9.10. The summed E-state index contributed by atoms with van der Waals surface area (Å²) in [6.45, 7) is 4.25. The molecule has 0 bridgehead atoms. The Labute approximate surface area is 129 Å². The number of amides is 1. The standard InChI is InChI=1S/C14H15BrN2O2S/c1-9-7-11(3-4-12(9)15)16-13(18)5-6-17-10(2)8-20-14(17)19/h3-4,7-8H,5-6H2,1-2H3,(H,16,18). The van der Waals surface area contributed by atoms with Crippen molar-refractivity contribution in [2.45, 2.75) is 26.8 Å². The molecule has 2 rings (SSSR count). The van der Waals surface area contributed by atoms with E-state index in [1.54, 1.807) is 9.95 Å². The van der Waals surface area contributed by atoms with E-state index in [-0.39, 0.29) is 17.2 Å². The molecule has 0 saturated heterocycles. The fourth-order valence-electron chi connectivity index (χ4n) is 1.83. The predicted molar refractivity (Wildman–Crippen MR) is 85.4 cm³/mol. The second-order valence-electron chi connectivity index (χ2n) is 4.56. The third kappa shape index (κ3) is 3.58. The largest absolute Gasteiger partial charge is 0.326 e. The molecule has 2 aromatic rings. The van der Waals surface area contributed by atoms with Gasteiger partial charge in [0, 0.05) is 34.2 Å². The van der Waals surface area contributed by atoms with Crippen molar-refractivity contribution in [3.63, 3.8) is 0 Å². The average molecular weight is 355 g/mol. The molecular formula is C14H15BrN2O2S. The van der Waals surface area contributed by atoms with E-state index in [2.05, 4.69) is 21.2 Å². The number of nitrogens with zero attached hydrogens (tertiary/aromatic N) is 1. The summed E-state index contributed by atoms with van der Waals surface area (Å²) in [5, 5.41) is 4.64. The summed E-state index contributed by atoms with van der Waals surface area (Å²) in [5.74, 6) is -0.0933. The second kappa shape index (κ2) is 6.37. The van der Waals surface area contributed by atoms with E-state index in [9.17, 15) is 9.59 Å². The molecule has 0 fully saturated rings. The van der Waals surface area contributed by atoms with Gasteiger partial charge >= 0.3 is 4.87 Å². The van der Waals surface area contributed by atoms with Crippen molar-refractivity contribution in [3.05, 3.63) is 49.0 Å². The summed E-state index contributed by atoms with van der Waals surface area (Å²) < 4.78 is 2.63. The number of carbonyl (C=O) groups is 1. The molecule has 6 heteroatoms. The van der Waals surface area contributed by atoms with Gasteiger partial charge in [-0.15, -0.1) is 0 Å². The van der Waals surface area contributed by atoms with Crippen molar-refractivity contribution >= 4 is 38.9 Å². The monoisotopic (exact) mass is 354 g/mol. The van der Waals surface area contributed by atoms with E-state index >= 15 is 0 Å². The lowest BCUT2D eigenvalue weighted by molar-refractivity contribution is -0.116. The van der Waals surface area contributed by atoms with E-state index in [0.717, 1.165) is 32.8 Å². The van der Waals surface area contributed by atoms with Gasteiger partial charge in [-0.3, -0.25) is 9.59 Å². The summed E-state index contributed by atoms with van der Waals surface area (Å²) >= 11 is 4.58. The SMILES string of the molecule is Cc1cc(NC(=O)CCn2c(C)csc2=O)ccc1Br. The molecular weight excluding hydrogens is 340 g/mol. The molecule has 1 aromatic heterocycles. The summed E-state index contributed by atoms with van der Waals surface area (Å²) in [6, 6.07) is 5.65. The summed E-state index contributed by atoms with van der Waals surface area (Å²) in [6.07, 6.45) is 0.284. The maximum absolute atomic E-state index is 11.9. The van der Waals surface area contributed by atoms with E-state index in [1.165, 1.54) is 0 Å². The lowest BCUT2D eigenvalue weighted by Crippen LogP contribution is -2.20. The van der Waals surface area contributed by atoms with Gasteiger partial charge in [0.05, 0.1) is 0 Å². The quantitative estimate of drug-likeness (QED) is 0.915. The van der Waals surface area contributed by atoms with Gasteiger partial charge < -0.3 is 9.88 Å². The van der Waals surface area contributed by atoms with Crippen molar-refractivity contribution in [1.82, 2.24) is 4.57 Å². The second-order valence-corrected chi connectivity index (χ2v) is 6.23. The number of hydrogen-bond donors (Lipinski definition) is 1. The van der Waals surface area contributed by atoms with Gasteiger partial charge in [0.2, 0.25) is 5.91 Å². The van der Waals surface area contributed by atoms with Crippen LogP contribution in [0.3, 0.4) is 0 Å². The van der Waals surface area contributed by atoms with Gasteiger partial charge in [-0.1, -0.05) is 27.3 Å². The first-order chi connectivity index (χ1) is 9.47. The molecule has 4 nitrogen and oxygen atoms in total. The zero-order valence-corrected chi connectivity index (χ0v) is 13.7. The molecule has 106 valence electrons. The normalized spacial score (nSPS) is 10.6. The molecule has 0 spiro atoms. The Hall–Kier alpha value is -1.40. The van der Waals surface area contributed by atoms with Crippen molar-refractivity contribution in [2.75, 3.05) is 5.32 Å². The molecule has 0 atom stereocenters. The first-order valence-electron chi connectivity index (χ1n) is 6.18. The molecule has 0 unspecified atom stereocenters. The molecule has 0 aliphatic heterocycles. The maximum atomic E-state index is 11.9. The van der Waals surface area contributed by atoms with Gasteiger partial charge in [-0.25, -0.2) is 0 Å². The van der Waals surface area contributed by atoms with Crippen LogP contribution < -0.4 is 10.2 Å². The molecule has 0 aliphatic carbocycles. The topological polar surface area (TPSA) is 51.1 Å². The van der Waals surface area contributed by atoms with Crippen LogP contribution in [0.2, 0.25) is 0 Å². The van der Waals surface area contributed by atoms with Gasteiger partial charge in [0.15, 0.2) is 0 Å². The van der Waals surface area contributed by atoms with Gasteiger partial charge in [0.25, 0.3) is 0 Å². The van der Waals surface area contributed by atoms with Crippen LogP contribution in [-0.4, -0.2) is 10.5 Å². The molecule has 20 heavy (non-hydrogen) atoms. The van der Waals surface area contributed by atoms with Gasteiger partial charge in [0.1, 0.15) is 0 Å².